The van der Waals surface area contributed by atoms with Gasteiger partial charge in [-0.25, -0.2) is 13.2 Å². The van der Waals surface area contributed by atoms with Gasteiger partial charge in [-0.3, -0.25) is 4.31 Å². The number of hydrogen-bond donors (Lipinski definition) is 1. The summed E-state index contributed by atoms with van der Waals surface area (Å²) < 4.78 is 28.9. The van der Waals surface area contributed by atoms with Crippen molar-refractivity contribution in [3.63, 3.8) is 0 Å². The summed E-state index contributed by atoms with van der Waals surface area (Å²) in [5.74, 6) is -0.947. The molecule has 0 aliphatic rings. The normalized spacial score (nSPS) is 11.3. The van der Waals surface area contributed by atoms with E-state index in [9.17, 15) is 13.2 Å². The van der Waals surface area contributed by atoms with Crippen LogP contribution in [0.25, 0.3) is 0 Å². The molecule has 0 aliphatic carbocycles. The summed E-state index contributed by atoms with van der Waals surface area (Å²) in [7, 11) is -3.70. The molecule has 3 rings (SSSR count). The van der Waals surface area contributed by atoms with E-state index in [4.69, 9.17) is 5.11 Å². The third-order valence-corrected chi connectivity index (χ3v) is 7.77. The number of nitrogens with zero attached hydrogens (tertiary/aromatic N) is 1. The molecule has 0 radical (unpaired) electrons. The molecule has 1 N–H and O–H groups in total. The Bertz CT molecular complexity index is 1160. The molecule has 3 aromatic rings. The molecule has 0 fully saturated rings. The number of rotatable bonds is 13. The predicted octanol–water partition coefficient (Wildman–Crippen LogP) is 6.34. The molecule has 0 spiro atoms. The van der Waals surface area contributed by atoms with Gasteiger partial charge in [0.2, 0.25) is 0 Å². The molecule has 0 saturated carbocycles. The topological polar surface area (TPSA) is 74.7 Å². The first-order chi connectivity index (χ1) is 16.4. The predicted molar refractivity (Wildman–Crippen MR) is 137 cm³/mol. The molecule has 180 valence electrons. The summed E-state index contributed by atoms with van der Waals surface area (Å²) in [4.78, 5) is 11.4. The molecular weight excluding hydrogens is 446 g/mol. The van der Waals surface area contributed by atoms with Crippen LogP contribution in [0.3, 0.4) is 0 Å². The van der Waals surface area contributed by atoms with E-state index in [2.05, 4.69) is 6.92 Å². The largest absolute Gasteiger partial charge is 0.478 e. The van der Waals surface area contributed by atoms with Crippen LogP contribution in [0.1, 0.15) is 60.5 Å². The first-order valence-corrected chi connectivity index (χ1v) is 13.4. The molecule has 34 heavy (non-hydrogen) atoms. The summed E-state index contributed by atoms with van der Waals surface area (Å²) in [5, 5.41) is 9.11. The van der Waals surface area contributed by atoms with Crippen LogP contribution in [0.5, 0.6) is 0 Å². The maximum atomic E-state index is 13.7. The quantitative estimate of drug-likeness (QED) is 0.290. The summed E-state index contributed by atoms with van der Waals surface area (Å²) in [5.41, 5.74) is 2.94. The van der Waals surface area contributed by atoms with Gasteiger partial charge in [0.25, 0.3) is 10.0 Å². The van der Waals surface area contributed by atoms with Crippen LogP contribution in [0.2, 0.25) is 0 Å². The van der Waals surface area contributed by atoms with Crippen molar-refractivity contribution in [1.82, 2.24) is 0 Å². The van der Waals surface area contributed by atoms with Crippen molar-refractivity contribution in [3.05, 3.63) is 95.6 Å². The third kappa shape index (κ3) is 6.70. The lowest BCUT2D eigenvalue weighted by molar-refractivity contribution is 0.0697. The van der Waals surface area contributed by atoms with Crippen molar-refractivity contribution in [3.8, 4) is 0 Å². The second-order valence-corrected chi connectivity index (χ2v) is 10.3. The lowest BCUT2D eigenvalue weighted by Gasteiger charge is -2.27. The van der Waals surface area contributed by atoms with Crippen LogP contribution in [-0.4, -0.2) is 26.0 Å². The average molecular weight is 480 g/mol. The minimum absolute atomic E-state index is 0.257. The summed E-state index contributed by atoms with van der Waals surface area (Å²) in [6, 6.07) is 23.1. The molecule has 0 saturated heterocycles. The molecule has 0 bridgehead atoms. The zero-order chi connectivity index (χ0) is 24.4. The van der Waals surface area contributed by atoms with Gasteiger partial charge in [0, 0.05) is 6.54 Å². The monoisotopic (exact) mass is 479 g/mol. The van der Waals surface area contributed by atoms with Gasteiger partial charge in [0.15, 0.2) is 0 Å². The zero-order valence-corrected chi connectivity index (χ0v) is 20.5. The molecule has 0 heterocycles. The van der Waals surface area contributed by atoms with Crippen LogP contribution in [0.15, 0.2) is 83.8 Å². The number of unbranched alkanes of at least 4 members (excludes halogenated alkanes) is 4. The van der Waals surface area contributed by atoms with Crippen molar-refractivity contribution in [2.45, 2.75) is 56.8 Å². The first-order valence-electron chi connectivity index (χ1n) is 11.9. The minimum atomic E-state index is -3.70. The van der Waals surface area contributed by atoms with E-state index in [0.29, 0.717) is 30.0 Å². The second-order valence-electron chi connectivity index (χ2n) is 8.44. The van der Waals surface area contributed by atoms with Gasteiger partial charge >= 0.3 is 5.97 Å². The van der Waals surface area contributed by atoms with Crippen molar-refractivity contribution in [2.24, 2.45) is 0 Å². The summed E-state index contributed by atoms with van der Waals surface area (Å²) >= 11 is 0. The average Bonchev–Trinajstić information content (AvgIpc) is 2.86. The van der Waals surface area contributed by atoms with Crippen molar-refractivity contribution < 1.29 is 18.3 Å². The van der Waals surface area contributed by atoms with E-state index in [1.165, 1.54) is 0 Å². The maximum Gasteiger partial charge on any atom is 0.335 e. The number of aromatic carboxylic acids is 1. The van der Waals surface area contributed by atoms with E-state index in [0.717, 1.165) is 43.2 Å². The Morgan fingerprint density at radius 2 is 1.44 bits per heavy atom. The fraction of sp³-hybridized carbons (Fsp3) is 0.321. The lowest BCUT2D eigenvalue weighted by Crippen LogP contribution is -2.33. The van der Waals surface area contributed by atoms with Gasteiger partial charge in [0.05, 0.1) is 16.1 Å². The molecule has 0 aromatic heterocycles. The molecule has 5 nitrogen and oxygen atoms in total. The zero-order valence-electron chi connectivity index (χ0n) is 19.7. The number of benzene rings is 3. The second kappa shape index (κ2) is 12.4. The van der Waals surface area contributed by atoms with E-state index in [1.807, 2.05) is 42.5 Å². The van der Waals surface area contributed by atoms with Crippen molar-refractivity contribution in [1.29, 1.82) is 0 Å². The Labute approximate surface area is 203 Å². The van der Waals surface area contributed by atoms with Gasteiger partial charge in [-0.15, -0.1) is 0 Å². The van der Waals surface area contributed by atoms with Gasteiger partial charge in [-0.1, -0.05) is 81.1 Å². The standard InChI is InChI=1S/C28H33NO4S/c1-2-3-4-5-11-22-29(34(32,33)26-13-7-6-8-14-26)27-15-10-9-12-24(27)19-16-23-17-20-25(21-18-23)28(30)31/h6-10,12-15,17-18,20-21H,2-5,11,16,19,22H2,1H3,(H,30,31). The highest BCUT2D eigenvalue weighted by Gasteiger charge is 2.26. The van der Waals surface area contributed by atoms with Crippen LogP contribution >= 0.6 is 0 Å². The van der Waals surface area contributed by atoms with Crippen LogP contribution in [-0.2, 0) is 22.9 Å². The Hall–Kier alpha value is -3.12. The number of carboxylic acid groups (broad SMARTS) is 1. The Morgan fingerprint density at radius 3 is 2.12 bits per heavy atom. The molecule has 0 unspecified atom stereocenters. The van der Waals surface area contributed by atoms with Gasteiger partial charge in [-0.2, -0.15) is 0 Å². The molecule has 0 atom stereocenters. The molecule has 0 aliphatic heterocycles. The summed E-state index contributed by atoms with van der Waals surface area (Å²) in [6.45, 7) is 2.60. The van der Waals surface area contributed by atoms with Gasteiger partial charge in [0.1, 0.15) is 0 Å². The lowest BCUT2D eigenvalue weighted by atomic mass is 10.0. The number of carbonyl (C=O) groups is 1. The van der Waals surface area contributed by atoms with Gasteiger partial charge < -0.3 is 5.11 Å². The van der Waals surface area contributed by atoms with Crippen molar-refractivity contribution in [2.75, 3.05) is 10.8 Å². The fourth-order valence-electron chi connectivity index (χ4n) is 4.01. The van der Waals surface area contributed by atoms with Crippen molar-refractivity contribution >= 4 is 21.7 Å². The summed E-state index contributed by atoms with van der Waals surface area (Å²) in [6.07, 6.45) is 6.53. The SMILES string of the molecule is CCCCCCCN(c1ccccc1CCc1ccc(C(=O)O)cc1)S(=O)(=O)c1ccccc1. The Morgan fingerprint density at radius 1 is 0.794 bits per heavy atom. The van der Waals surface area contributed by atoms with Crippen LogP contribution in [0.4, 0.5) is 5.69 Å². The maximum absolute atomic E-state index is 13.7. The fourth-order valence-corrected chi connectivity index (χ4v) is 5.57. The Balaban J connectivity index is 1.86. The molecular formula is C28H33NO4S. The number of hydrogen-bond acceptors (Lipinski definition) is 3. The number of carboxylic acids is 1. The van der Waals surface area contributed by atoms with E-state index in [-0.39, 0.29) is 5.56 Å². The van der Waals surface area contributed by atoms with Gasteiger partial charge in [-0.05, 0) is 60.7 Å². The highest BCUT2D eigenvalue weighted by Crippen LogP contribution is 2.29. The Kier molecular flexibility index (Phi) is 9.28. The number of para-hydroxylation sites is 1. The highest BCUT2D eigenvalue weighted by atomic mass is 32.2. The van der Waals surface area contributed by atoms with Crippen LogP contribution in [0, 0.1) is 0 Å². The highest BCUT2D eigenvalue weighted by molar-refractivity contribution is 7.92. The van der Waals surface area contributed by atoms with E-state index in [1.54, 1.807) is 40.7 Å². The van der Waals surface area contributed by atoms with E-state index < -0.39 is 16.0 Å². The van der Waals surface area contributed by atoms with Crippen LogP contribution < -0.4 is 4.31 Å². The third-order valence-electron chi connectivity index (χ3n) is 5.94. The number of sulfonamides is 1. The minimum Gasteiger partial charge on any atom is -0.478 e. The molecule has 6 heteroatoms. The molecule has 0 amide bonds. The van der Waals surface area contributed by atoms with E-state index >= 15 is 0 Å². The number of anilines is 1. The number of aryl methyl sites for hydroxylation is 2. The smallest absolute Gasteiger partial charge is 0.335 e. The first kappa shape index (κ1) is 25.5. The molecule has 3 aromatic carbocycles.